The van der Waals surface area contributed by atoms with Gasteiger partial charge in [0.25, 0.3) is 5.78 Å². The zero-order valence-corrected chi connectivity index (χ0v) is 18.2. The van der Waals surface area contributed by atoms with Crippen LogP contribution in [0, 0.1) is 13.8 Å². The van der Waals surface area contributed by atoms with Gasteiger partial charge >= 0.3 is 5.91 Å². The van der Waals surface area contributed by atoms with E-state index in [2.05, 4.69) is 9.97 Å². The van der Waals surface area contributed by atoms with Gasteiger partial charge in [0.05, 0.1) is 23.7 Å². The smallest absolute Gasteiger partial charge is 0.302 e. The van der Waals surface area contributed by atoms with Crippen LogP contribution in [0.5, 0.6) is 5.75 Å². The lowest BCUT2D eigenvalue weighted by molar-refractivity contribution is -0.132. The third kappa shape index (κ3) is 3.36. The molecule has 0 aliphatic carbocycles. The Labute approximate surface area is 189 Å². The first kappa shape index (κ1) is 20.6. The van der Waals surface area contributed by atoms with Crippen molar-refractivity contribution >= 4 is 34.4 Å². The number of imidazole rings is 1. The number of amides is 1. The van der Waals surface area contributed by atoms with E-state index in [1.807, 2.05) is 25.1 Å². The first-order valence-electron chi connectivity index (χ1n) is 10.4. The molecule has 1 unspecified atom stereocenters. The normalized spacial score (nSPS) is 17.8. The van der Waals surface area contributed by atoms with Gasteiger partial charge in [-0.05, 0) is 55.8 Å². The van der Waals surface area contributed by atoms with Crippen LogP contribution in [0.15, 0.2) is 64.6 Å². The van der Waals surface area contributed by atoms with E-state index in [0.717, 1.165) is 11.1 Å². The van der Waals surface area contributed by atoms with Gasteiger partial charge in [-0.15, -0.1) is 0 Å². The van der Waals surface area contributed by atoms with Crippen molar-refractivity contribution in [2.45, 2.75) is 19.9 Å². The first-order valence-corrected chi connectivity index (χ1v) is 10.4. The van der Waals surface area contributed by atoms with Crippen LogP contribution in [0.25, 0.3) is 16.8 Å². The van der Waals surface area contributed by atoms with Gasteiger partial charge in [-0.2, -0.15) is 0 Å². The Morgan fingerprint density at radius 2 is 1.94 bits per heavy atom. The summed E-state index contributed by atoms with van der Waals surface area (Å²) in [7, 11) is 1.51. The standard InChI is InChI=1S/C25H21N3O5/c1-13-7-9-17-18(11-13)27-25(26-17)28-21(19-10-8-14(2)33-19)20(23(30)24(28)31)22(29)15-5-4-6-16(12-15)32-3/h4-12,21,29H,1-3H3,(H,26,27)/b22-20+. The van der Waals surface area contributed by atoms with Crippen LogP contribution in [0.2, 0.25) is 0 Å². The van der Waals surface area contributed by atoms with Crippen molar-refractivity contribution < 1.29 is 23.8 Å². The Balaban J connectivity index is 1.72. The first-order chi connectivity index (χ1) is 15.9. The lowest BCUT2D eigenvalue weighted by Gasteiger charge is -2.20. The second-order valence-electron chi connectivity index (χ2n) is 7.93. The summed E-state index contributed by atoms with van der Waals surface area (Å²) in [5.74, 6) is -0.307. The van der Waals surface area contributed by atoms with Crippen LogP contribution in [-0.2, 0) is 9.59 Å². The van der Waals surface area contributed by atoms with Crippen LogP contribution < -0.4 is 9.64 Å². The minimum Gasteiger partial charge on any atom is -0.507 e. The van der Waals surface area contributed by atoms with Crippen molar-refractivity contribution in [1.82, 2.24) is 9.97 Å². The molecule has 2 aromatic carbocycles. The fourth-order valence-corrected chi connectivity index (χ4v) is 4.07. The number of H-pyrrole nitrogens is 1. The number of carbonyl (C=O) groups excluding carboxylic acids is 2. The van der Waals surface area contributed by atoms with E-state index in [1.165, 1.54) is 12.0 Å². The number of ether oxygens (including phenoxy) is 1. The molecule has 0 radical (unpaired) electrons. The number of rotatable bonds is 4. The predicted molar refractivity (Wildman–Crippen MR) is 122 cm³/mol. The average molecular weight is 443 g/mol. The third-order valence-corrected chi connectivity index (χ3v) is 5.67. The topological polar surface area (TPSA) is 109 Å². The second kappa shape index (κ2) is 7.67. The molecule has 0 spiro atoms. The highest BCUT2D eigenvalue weighted by Gasteiger charge is 2.49. The highest BCUT2D eigenvalue weighted by molar-refractivity contribution is 6.51. The van der Waals surface area contributed by atoms with Gasteiger partial charge < -0.3 is 19.2 Å². The molecule has 1 saturated heterocycles. The molecule has 1 aliphatic rings. The van der Waals surface area contributed by atoms with E-state index in [0.29, 0.717) is 28.4 Å². The molecule has 8 heteroatoms. The molecule has 1 fully saturated rings. The molecule has 8 nitrogen and oxygen atoms in total. The quantitative estimate of drug-likeness (QED) is 0.275. The number of carbonyl (C=O) groups is 2. The maximum Gasteiger partial charge on any atom is 0.302 e. The van der Waals surface area contributed by atoms with Crippen LogP contribution in [0.1, 0.15) is 28.7 Å². The third-order valence-electron chi connectivity index (χ3n) is 5.67. The Hall–Kier alpha value is -4.33. The zero-order valence-electron chi connectivity index (χ0n) is 18.2. The van der Waals surface area contributed by atoms with Crippen LogP contribution in [0.4, 0.5) is 5.95 Å². The molecule has 1 amide bonds. The number of Topliss-reactive ketones (excluding diaryl/α,β-unsaturated/α-hetero) is 1. The molecule has 0 bridgehead atoms. The number of aromatic nitrogens is 2. The van der Waals surface area contributed by atoms with E-state index in [1.54, 1.807) is 43.3 Å². The maximum absolute atomic E-state index is 13.2. The molecule has 2 aromatic heterocycles. The maximum atomic E-state index is 13.2. The lowest BCUT2D eigenvalue weighted by atomic mass is 9.99. The number of hydrogen-bond acceptors (Lipinski definition) is 6. The highest BCUT2D eigenvalue weighted by atomic mass is 16.5. The molecule has 1 atom stereocenters. The summed E-state index contributed by atoms with van der Waals surface area (Å²) < 4.78 is 11.0. The number of ketones is 1. The Bertz CT molecular complexity index is 1450. The average Bonchev–Trinajstić information content (AvgIpc) is 3.49. The van der Waals surface area contributed by atoms with Crippen molar-refractivity contribution in [1.29, 1.82) is 0 Å². The Morgan fingerprint density at radius 1 is 1.12 bits per heavy atom. The van der Waals surface area contributed by atoms with Crippen molar-refractivity contribution in [3.63, 3.8) is 0 Å². The molecule has 3 heterocycles. The van der Waals surface area contributed by atoms with Crippen LogP contribution >= 0.6 is 0 Å². The summed E-state index contributed by atoms with van der Waals surface area (Å²) in [4.78, 5) is 35.3. The zero-order chi connectivity index (χ0) is 23.3. The lowest BCUT2D eigenvalue weighted by Crippen LogP contribution is -2.30. The molecule has 5 rings (SSSR count). The fraction of sp³-hybridized carbons (Fsp3) is 0.160. The van der Waals surface area contributed by atoms with E-state index in [4.69, 9.17) is 9.15 Å². The van der Waals surface area contributed by atoms with Crippen molar-refractivity contribution in [3.8, 4) is 5.75 Å². The number of methoxy groups -OCH3 is 1. The van der Waals surface area contributed by atoms with Crippen LogP contribution in [-0.4, -0.2) is 33.9 Å². The van der Waals surface area contributed by atoms with Crippen LogP contribution in [0.3, 0.4) is 0 Å². The second-order valence-corrected chi connectivity index (χ2v) is 7.93. The Morgan fingerprint density at radius 3 is 2.67 bits per heavy atom. The van der Waals surface area contributed by atoms with Gasteiger partial charge in [-0.3, -0.25) is 14.5 Å². The van der Waals surface area contributed by atoms with Gasteiger partial charge in [0.2, 0.25) is 5.95 Å². The minimum absolute atomic E-state index is 0.0840. The van der Waals surface area contributed by atoms with Crippen molar-refractivity contribution in [2.75, 3.05) is 12.0 Å². The number of fused-ring (bicyclic) bond motifs is 1. The van der Waals surface area contributed by atoms with E-state index in [-0.39, 0.29) is 17.3 Å². The molecular weight excluding hydrogens is 422 g/mol. The largest absolute Gasteiger partial charge is 0.507 e. The number of furan rings is 1. The predicted octanol–water partition coefficient (Wildman–Crippen LogP) is 4.41. The summed E-state index contributed by atoms with van der Waals surface area (Å²) in [6.45, 7) is 3.72. The summed E-state index contributed by atoms with van der Waals surface area (Å²) in [5.41, 5.74) is 2.67. The molecule has 0 saturated carbocycles. The fourth-order valence-electron chi connectivity index (χ4n) is 4.07. The summed E-state index contributed by atoms with van der Waals surface area (Å²) in [6.07, 6.45) is 0. The number of hydrogen-bond donors (Lipinski definition) is 2. The SMILES string of the molecule is COc1cccc(/C(O)=C2\C(=O)C(=O)N(c3nc4ccc(C)cc4[nH]3)C2c2ccc(C)o2)c1. The highest BCUT2D eigenvalue weighted by Crippen LogP contribution is 2.42. The number of anilines is 1. The molecule has 33 heavy (non-hydrogen) atoms. The number of aryl methyl sites for hydroxylation is 2. The van der Waals surface area contributed by atoms with Gasteiger partial charge in [-0.1, -0.05) is 18.2 Å². The number of nitrogens with one attached hydrogen (secondary N) is 1. The summed E-state index contributed by atoms with van der Waals surface area (Å²) in [6, 6.07) is 14.7. The molecular formula is C25H21N3O5. The molecule has 1 aliphatic heterocycles. The Kier molecular flexibility index (Phi) is 4.78. The molecule has 4 aromatic rings. The summed E-state index contributed by atoms with van der Waals surface area (Å²) >= 11 is 0. The van der Waals surface area contributed by atoms with Gasteiger partial charge in [-0.25, -0.2) is 4.98 Å². The monoisotopic (exact) mass is 443 g/mol. The van der Waals surface area contributed by atoms with Gasteiger partial charge in [0.1, 0.15) is 29.1 Å². The van der Waals surface area contributed by atoms with Crippen molar-refractivity contribution in [2.24, 2.45) is 0 Å². The summed E-state index contributed by atoms with van der Waals surface area (Å²) in [5, 5.41) is 11.2. The number of nitrogens with zero attached hydrogens (tertiary/aromatic N) is 2. The number of aliphatic hydroxyl groups is 1. The minimum atomic E-state index is -0.994. The van der Waals surface area contributed by atoms with Crippen molar-refractivity contribution in [3.05, 3.63) is 82.8 Å². The van der Waals surface area contributed by atoms with E-state index >= 15 is 0 Å². The number of aromatic amines is 1. The van der Waals surface area contributed by atoms with Gasteiger partial charge in [0.15, 0.2) is 0 Å². The molecule has 2 N–H and O–H groups in total. The molecule has 166 valence electrons. The van der Waals surface area contributed by atoms with Gasteiger partial charge in [0, 0.05) is 5.56 Å². The number of benzene rings is 2. The van der Waals surface area contributed by atoms with E-state index < -0.39 is 17.7 Å². The number of aliphatic hydroxyl groups excluding tert-OH is 1. The van der Waals surface area contributed by atoms with E-state index in [9.17, 15) is 14.7 Å².